The largest absolute Gasteiger partial charge is 0.327 e. The van der Waals surface area contributed by atoms with Crippen LogP contribution in [-0.2, 0) is 6.42 Å². The van der Waals surface area contributed by atoms with E-state index in [1.165, 1.54) is 24.4 Å². The van der Waals surface area contributed by atoms with Gasteiger partial charge in [-0.15, -0.1) is 0 Å². The second-order valence-electron chi connectivity index (χ2n) is 3.69. The molecule has 1 aromatic heterocycles. The van der Waals surface area contributed by atoms with Crippen LogP contribution in [0.5, 0.6) is 0 Å². The quantitative estimate of drug-likeness (QED) is 0.799. The Morgan fingerprint density at radius 3 is 3.00 bits per heavy atom. The second kappa shape index (κ2) is 3.72. The van der Waals surface area contributed by atoms with Gasteiger partial charge in [0.25, 0.3) is 0 Å². The molecule has 1 aromatic rings. The molecule has 1 aliphatic rings. The summed E-state index contributed by atoms with van der Waals surface area (Å²) in [6.07, 6.45) is 4.45. The monoisotopic (exact) mass is 197 g/mol. The van der Waals surface area contributed by atoms with E-state index in [0.717, 1.165) is 23.7 Å². The molecule has 1 atom stereocenters. The summed E-state index contributed by atoms with van der Waals surface area (Å²) in [7, 11) is 0. The van der Waals surface area contributed by atoms with Crippen molar-refractivity contribution in [2.75, 3.05) is 0 Å². The van der Waals surface area contributed by atoms with Gasteiger partial charge in [0.2, 0.25) is 0 Å². The summed E-state index contributed by atoms with van der Waals surface area (Å²) in [6.45, 7) is 2.10. The van der Waals surface area contributed by atoms with Crippen LogP contribution in [0.1, 0.15) is 42.9 Å². The summed E-state index contributed by atoms with van der Waals surface area (Å²) in [5.74, 6) is 1.73. The summed E-state index contributed by atoms with van der Waals surface area (Å²) in [6, 6.07) is 0.250. The second-order valence-corrected chi connectivity index (χ2v) is 4.53. The third-order valence-corrected chi connectivity index (χ3v) is 3.13. The van der Waals surface area contributed by atoms with E-state index in [2.05, 4.69) is 16.3 Å². The van der Waals surface area contributed by atoms with Crippen LogP contribution in [-0.4, -0.2) is 15.4 Å². The molecule has 1 aliphatic carbocycles. The lowest BCUT2D eigenvalue weighted by Gasteiger charge is -2.03. The van der Waals surface area contributed by atoms with E-state index >= 15 is 0 Å². The van der Waals surface area contributed by atoms with Gasteiger partial charge in [0, 0.05) is 18.4 Å². The van der Waals surface area contributed by atoms with Crippen molar-refractivity contribution in [3.8, 4) is 0 Å². The van der Waals surface area contributed by atoms with E-state index in [9.17, 15) is 0 Å². The first kappa shape index (κ1) is 9.09. The third kappa shape index (κ3) is 2.25. The Bertz CT molecular complexity index is 280. The van der Waals surface area contributed by atoms with Crippen LogP contribution in [0.2, 0.25) is 0 Å². The number of nitrogens with two attached hydrogens (primary N) is 1. The number of nitrogens with zero attached hydrogens (tertiary/aromatic N) is 2. The van der Waals surface area contributed by atoms with E-state index in [1.807, 2.05) is 0 Å². The molecular weight excluding hydrogens is 182 g/mol. The molecule has 0 bridgehead atoms. The maximum Gasteiger partial charge on any atom is 0.145 e. The molecule has 0 amide bonds. The van der Waals surface area contributed by atoms with Crippen LogP contribution >= 0.6 is 11.5 Å². The standard InChI is InChI=1S/C9H15N3S/c1-2-7(10)5-8-11-9(12-13-8)6-3-4-6/h6-7H,2-5,10H2,1H3. The van der Waals surface area contributed by atoms with Crippen molar-refractivity contribution in [3.63, 3.8) is 0 Å². The van der Waals surface area contributed by atoms with Gasteiger partial charge in [-0.2, -0.15) is 4.37 Å². The fourth-order valence-corrected chi connectivity index (χ4v) is 2.04. The highest BCUT2D eigenvalue weighted by molar-refractivity contribution is 7.05. The van der Waals surface area contributed by atoms with Crippen LogP contribution in [0.3, 0.4) is 0 Å². The van der Waals surface area contributed by atoms with Gasteiger partial charge in [0.15, 0.2) is 0 Å². The molecule has 1 heterocycles. The lowest BCUT2D eigenvalue weighted by atomic mass is 10.2. The number of aromatic nitrogens is 2. The number of hydrogen-bond donors (Lipinski definition) is 1. The lowest BCUT2D eigenvalue weighted by molar-refractivity contribution is 0.642. The first-order valence-electron chi connectivity index (χ1n) is 4.87. The highest BCUT2D eigenvalue weighted by atomic mass is 32.1. The van der Waals surface area contributed by atoms with Crippen molar-refractivity contribution in [2.45, 2.75) is 44.6 Å². The van der Waals surface area contributed by atoms with Crippen molar-refractivity contribution >= 4 is 11.5 Å². The van der Waals surface area contributed by atoms with Gasteiger partial charge < -0.3 is 5.73 Å². The maximum atomic E-state index is 5.84. The van der Waals surface area contributed by atoms with Gasteiger partial charge in [-0.05, 0) is 30.8 Å². The van der Waals surface area contributed by atoms with E-state index in [-0.39, 0.29) is 6.04 Å². The highest BCUT2D eigenvalue weighted by Gasteiger charge is 2.27. The van der Waals surface area contributed by atoms with Crippen molar-refractivity contribution in [1.29, 1.82) is 0 Å². The molecule has 2 N–H and O–H groups in total. The van der Waals surface area contributed by atoms with E-state index in [0.29, 0.717) is 5.92 Å². The zero-order valence-corrected chi connectivity index (χ0v) is 8.68. The molecule has 0 saturated heterocycles. The molecule has 1 fully saturated rings. The molecule has 0 aromatic carbocycles. The fourth-order valence-electron chi connectivity index (χ4n) is 1.23. The summed E-state index contributed by atoms with van der Waals surface area (Å²) in [4.78, 5) is 4.49. The Morgan fingerprint density at radius 1 is 1.62 bits per heavy atom. The molecule has 72 valence electrons. The van der Waals surface area contributed by atoms with Gasteiger partial charge in [-0.25, -0.2) is 4.98 Å². The Morgan fingerprint density at radius 2 is 2.38 bits per heavy atom. The third-order valence-electron chi connectivity index (χ3n) is 2.39. The maximum absolute atomic E-state index is 5.84. The molecule has 0 aliphatic heterocycles. The van der Waals surface area contributed by atoms with E-state index < -0.39 is 0 Å². The van der Waals surface area contributed by atoms with Crippen LogP contribution in [0, 0.1) is 0 Å². The lowest BCUT2D eigenvalue weighted by Crippen LogP contribution is -2.21. The SMILES string of the molecule is CCC(N)Cc1nc(C2CC2)ns1. The zero-order valence-electron chi connectivity index (χ0n) is 7.86. The van der Waals surface area contributed by atoms with Gasteiger partial charge in [0.05, 0.1) is 0 Å². The van der Waals surface area contributed by atoms with Crippen LogP contribution in [0.25, 0.3) is 0 Å². The Balaban J connectivity index is 1.96. The van der Waals surface area contributed by atoms with Crippen LogP contribution in [0.4, 0.5) is 0 Å². The van der Waals surface area contributed by atoms with Crippen molar-refractivity contribution in [2.24, 2.45) is 5.73 Å². The average molecular weight is 197 g/mol. The van der Waals surface area contributed by atoms with Gasteiger partial charge in [0.1, 0.15) is 10.8 Å². The van der Waals surface area contributed by atoms with Crippen LogP contribution in [0.15, 0.2) is 0 Å². The molecule has 2 rings (SSSR count). The van der Waals surface area contributed by atoms with Gasteiger partial charge in [-0.3, -0.25) is 0 Å². The number of hydrogen-bond acceptors (Lipinski definition) is 4. The van der Waals surface area contributed by atoms with E-state index in [4.69, 9.17) is 5.73 Å². The first-order chi connectivity index (χ1) is 6.29. The molecular formula is C9H15N3S. The topological polar surface area (TPSA) is 51.8 Å². The van der Waals surface area contributed by atoms with Gasteiger partial charge in [-0.1, -0.05) is 6.92 Å². The minimum atomic E-state index is 0.250. The van der Waals surface area contributed by atoms with E-state index in [1.54, 1.807) is 0 Å². The first-order valence-corrected chi connectivity index (χ1v) is 5.65. The van der Waals surface area contributed by atoms with Crippen molar-refractivity contribution in [3.05, 3.63) is 10.8 Å². The minimum Gasteiger partial charge on any atom is -0.327 e. The minimum absolute atomic E-state index is 0.250. The molecule has 3 nitrogen and oxygen atoms in total. The molecule has 0 spiro atoms. The molecule has 13 heavy (non-hydrogen) atoms. The average Bonchev–Trinajstić information content (AvgIpc) is 2.88. The van der Waals surface area contributed by atoms with Gasteiger partial charge >= 0.3 is 0 Å². The molecule has 1 saturated carbocycles. The molecule has 1 unspecified atom stereocenters. The predicted molar refractivity (Wildman–Crippen MR) is 53.9 cm³/mol. The van der Waals surface area contributed by atoms with Crippen molar-refractivity contribution < 1.29 is 0 Å². The summed E-state index contributed by atoms with van der Waals surface area (Å²) >= 11 is 1.52. The Kier molecular flexibility index (Phi) is 2.60. The molecule has 0 radical (unpaired) electrons. The summed E-state index contributed by atoms with van der Waals surface area (Å²) < 4.78 is 4.34. The Labute approximate surface area is 82.5 Å². The highest BCUT2D eigenvalue weighted by Crippen LogP contribution is 2.38. The smallest absolute Gasteiger partial charge is 0.145 e. The summed E-state index contributed by atoms with van der Waals surface area (Å²) in [5, 5.41) is 1.11. The van der Waals surface area contributed by atoms with Crippen molar-refractivity contribution in [1.82, 2.24) is 9.36 Å². The zero-order chi connectivity index (χ0) is 9.26. The fraction of sp³-hybridized carbons (Fsp3) is 0.778. The summed E-state index contributed by atoms with van der Waals surface area (Å²) in [5.41, 5.74) is 5.84. The molecule has 4 heteroatoms. The van der Waals surface area contributed by atoms with Crippen LogP contribution < -0.4 is 5.73 Å². The predicted octanol–water partition coefficient (Wildman–Crippen LogP) is 1.70. The number of rotatable bonds is 4. The normalized spacial score (nSPS) is 18.9. The Hall–Kier alpha value is -0.480.